The highest BCUT2D eigenvalue weighted by molar-refractivity contribution is 7.99. The predicted molar refractivity (Wildman–Crippen MR) is 160 cm³/mol. The Morgan fingerprint density at radius 3 is 2.05 bits per heavy atom. The van der Waals surface area contributed by atoms with Crippen LogP contribution in [0.4, 0.5) is 0 Å². The standard InChI is InChI=1S/C32H37N3O6S/c1-23-29(40-20-26(17-34-35-33)36-21-27-22-37-27)30(38-18-24-11-5-2-6-12-24)31(39-19-25-13-7-3-8-14-25)32(41-23)42-28-15-9-4-10-16-28/h2-16,23,26-27,29-32H,17-22H2,1H3/t23-,26-,27+,29-,30+,31-,32+/m1/s1. The third kappa shape index (κ3) is 9.29. The van der Waals surface area contributed by atoms with E-state index in [0.29, 0.717) is 26.4 Å². The molecule has 9 nitrogen and oxygen atoms in total. The average molecular weight is 592 g/mol. The van der Waals surface area contributed by atoms with Crippen LogP contribution in [0, 0.1) is 0 Å². The third-order valence-electron chi connectivity index (χ3n) is 7.04. The molecule has 2 heterocycles. The number of benzene rings is 3. The van der Waals surface area contributed by atoms with Crippen molar-refractivity contribution in [2.24, 2.45) is 5.11 Å². The molecule has 0 aromatic heterocycles. The Kier molecular flexibility index (Phi) is 11.7. The van der Waals surface area contributed by atoms with Crippen molar-refractivity contribution in [2.45, 2.75) is 67.1 Å². The second-order valence-electron chi connectivity index (χ2n) is 10.3. The number of epoxide rings is 1. The highest BCUT2D eigenvalue weighted by Gasteiger charge is 2.47. The molecule has 3 aromatic rings. The average Bonchev–Trinajstić information content (AvgIpc) is 3.86. The second-order valence-corrected chi connectivity index (χ2v) is 11.5. The van der Waals surface area contributed by atoms with Gasteiger partial charge < -0.3 is 28.4 Å². The van der Waals surface area contributed by atoms with E-state index in [1.54, 1.807) is 11.8 Å². The second kappa shape index (κ2) is 16.1. The summed E-state index contributed by atoms with van der Waals surface area (Å²) >= 11 is 1.62. The molecule has 0 bridgehead atoms. The maximum Gasteiger partial charge on any atom is 0.136 e. The highest BCUT2D eigenvalue weighted by atomic mass is 32.2. The van der Waals surface area contributed by atoms with Crippen molar-refractivity contribution in [3.8, 4) is 0 Å². The van der Waals surface area contributed by atoms with Crippen LogP contribution in [0.5, 0.6) is 0 Å². The summed E-state index contributed by atoms with van der Waals surface area (Å²) in [6, 6.07) is 30.3. The molecule has 7 atom stereocenters. The van der Waals surface area contributed by atoms with Gasteiger partial charge in [-0.25, -0.2) is 0 Å². The summed E-state index contributed by atoms with van der Waals surface area (Å²) < 4.78 is 37.6. The third-order valence-corrected chi connectivity index (χ3v) is 8.19. The van der Waals surface area contributed by atoms with Gasteiger partial charge in [0.15, 0.2) is 0 Å². The Labute approximate surface area is 251 Å². The molecule has 0 radical (unpaired) electrons. The molecule has 5 rings (SSSR count). The number of hydrogen-bond donors (Lipinski definition) is 0. The van der Waals surface area contributed by atoms with Gasteiger partial charge in [0.05, 0.1) is 51.8 Å². The quantitative estimate of drug-likeness (QED) is 0.0848. The van der Waals surface area contributed by atoms with E-state index in [1.165, 1.54) is 0 Å². The maximum absolute atomic E-state index is 8.90. The first-order valence-corrected chi connectivity index (χ1v) is 15.1. The SMILES string of the molecule is C[C@H]1O[C@@H](Sc2ccccc2)[C@H](OCc2ccccc2)[C@@H](OCc2ccccc2)[C@@H]1OC[C@@H](CN=[N+]=[N-])OC[C@H]1CO1. The van der Waals surface area contributed by atoms with Gasteiger partial charge in [0.1, 0.15) is 29.9 Å². The number of hydrogen-bond acceptors (Lipinski definition) is 8. The van der Waals surface area contributed by atoms with Gasteiger partial charge in [-0.1, -0.05) is 95.7 Å². The van der Waals surface area contributed by atoms with E-state index < -0.39 is 24.4 Å². The van der Waals surface area contributed by atoms with Gasteiger partial charge in [-0.2, -0.15) is 0 Å². The topological polar surface area (TPSA) is 107 Å². The number of ether oxygens (including phenoxy) is 6. The zero-order valence-corrected chi connectivity index (χ0v) is 24.5. The predicted octanol–water partition coefficient (Wildman–Crippen LogP) is 6.17. The van der Waals surface area contributed by atoms with E-state index in [0.717, 1.165) is 16.0 Å². The van der Waals surface area contributed by atoms with Crippen LogP contribution in [0.15, 0.2) is 101 Å². The van der Waals surface area contributed by atoms with E-state index in [-0.39, 0.29) is 30.8 Å². The van der Waals surface area contributed by atoms with E-state index in [9.17, 15) is 0 Å². The summed E-state index contributed by atoms with van der Waals surface area (Å²) in [6.07, 6.45) is -2.01. The van der Waals surface area contributed by atoms with Crippen molar-refractivity contribution in [1.82, 2.24) is 0 Å². The molecule has 2 saturated heterocycles. The molecule has 2 aliphatic heterocycles. The number of nitrogens with zero attached hydrogens (tertiary/aromatic N) is 3. The van der Waals surface area contributed by atoms with Gasteiger partial charge in [0.2, 0.25) is 0 Å². The summed E-state index contributed by atoms with van der Waals surface area (Å²) in [4.78, 5) is 3.99. The summed E-state index contributed by atoms with van der Waals surface area (Å²) in [5, 5.41) is 3.73. The highest BCUT2D eigenvalue weighted by Crippen LogP contribution is 2.37. The molecule has 0 aliphatic carbocycles. The van der Waals surface area contributed by atoms with Gasteiger partial charge in [-0.15, -0.1) is 0 Å². The van der Waals surface area contributed by atoms with Crippen LogP contribution in [0.25, 0.3) is 10.4 Å². The van der Waals surface area contributed by atoms with E-state index in [4.69, 9.17) is 34.0 Å². The number of thioether (sulfide) groups is 1. The summed E-state index contributed by atoms with van der Waals surface area (Å²) in [6.45, 7) is 4.26. The summed E-state index contributed by atoms with van der Waals surface area (Å²) in [5.74, 6) is 0. The smallest absolute Gasteiger partial charge is 0.136 e. The van der Waals surface area contributed by atoms with Crippen LogP contribution >= 0.6 is 11.8 Å². The molecule has 42 heavy (non-hydrogen) atoms. The molecular formula is C32H37N3O6S. The first kappa shape index (κ1) is 30.5. The lowest BCUT2D eigenvalue weighted by atomic mass is 9.99. The van der Waals surface area contributed by atoms with E-state index in [1.807, 2.05) is 85.8 Å². The first-order valence-electron chi connectivity index (χ1n) is 14.2. The van der Waals surface area contributed by atoms with Crippen molar-refractivity contribution >= 4 is 11.8 Å². The molecule has 2 aliphatic rings. The summed E-state index contributed by atoms with van der Waals surface area (Å²) in [5.41, 5.74) is 10.7. The minimum Gasteiger partial charge on any atom is -0.373 e. The van der Waals surface area contributed by atoms with E-state index in [2.05, 4.69) is 22.2 Å². The van der Waals surface area contributed by atoms with Crippen molar-refractivity contribution in [2.75, 3.05) is 26.4 Å². The Morgan fingerprint density at radius 2 is 1.45 bits per heavy atom. The van der Waals surface area contributed by atoms with Crippen molar-refractivity contribution in [3.63, 3.8) is 0 Å². The van der Waals surface area contributed by atoms with Gasteiger partial charge in [-0.3, -0.25) is 0 Å². The Hall–Kier alpha value is -2.92. The largest absolute Gasteiger partial charge is 0.373 e. The minimum absolute atomic E-state index is 0.0870. The number of rotatable bonds is 16. The van der Waals surface area contributed by atoms with E-state index >= 15 is 0 Å². The molecule has 0 amide bonds. The molecule has 10 heteroatoms. The van der Waals surface area contributed by atoms with Crippen molar-refractivity contribution in [3.05, 3.63) is 113 Å². The Bertz CT molecular complexity index is 1250. The van der Waals surface area contributed by atoms with Gasteiger partial charge in [0, 0.05) is 9.81 Å². The lowest BCUT2D eigenvalue weighted by Gasteiger charge is -2.45. The molecule has 0 saturated carbocycles. The number of azide groups is 1. The zero-order chi connectivity index (χ0) is 29.0. The van der Waals surface area contributed by atoms with Crippen LogP contribution < -0.4 is 0 Å². The lowest BCUT2D eigenvalue weighted by molar-refractivity contribution is -0.244. The molecule has 222 valence electrons. The first-order chi connectivity index (χ1) is 20.7. The summed E-state index contributed by atoms with van der Waals surface area (Å²) in [7, 11) is 0. The molecule has 0 spiro atoms. The molecule has 0 unspecified atom stereocenters. The fourth-order valence-electron chi connectivity index (χ4n) is 4.74. The fraction of sp³-hybridized carbons (Fsp3) is 0.438. The molecule has 3 aromatic carbocycles. The van der Waals surface area contributed by atoms with Crippen molar-refractivity contribution < 1.29 is 28.4 Å². The monoisotopic (exact) mass is 591 g/mol. The zero-order valence-electron chi connectivity index (χ0n) is 23.6. The van der Waals surface area contributed by atoms with Gasteiger partial charge >= 0.3 is 0 Å². The Morgan fingerprint density at radius 1 is 0.857 bits per heavy atom. The van der Waals surface area contributed by atoms with Gasteiger partial charge in [-0.05, 0) is 35.7 Å². The van der Waals surface area contributed by atoms with Crippen molar-refractivity contribution in [1.29, 1.82) is 0 Å². The fourth-order valence-corrected chi connectivity index (χ4v) is 5.92. The van der Waals surface area contributed by atoms with Crippen LogP contribution in [-0.4, -0.2) is 68.4 Å². The lowest BCUT2D eigenvalue weighted by Crippen LogP contribution is -2.59. The molecule has 0 N–H and O–H groups in total. The minimum atomic E-state index is -0.462. The van der Waals surface area contributed by atoms with Crippen LogP contribution in [0.2, 0.25) is 0 Å². The Balaban J connectivity index is 1.37. The van der Waals surface area contributed by atoms with Crippen LogP contribution in [-0.2, 0) is 41.6 Å². The molecule has 2 fully saturated rings. The normalized spacial score (nSPS) is 25.8. The maximum atomic E-state index is 8.90. The van der Waals surface area contributed by atoms with Crippen LogP contribution in [0.3, 0.4) is 0 Å². The van der Waals surface area contributed by atoms with Crippen LogP contribution in [0.1, 0.15) is 18.1 Å². The van der Waals surface area contributed by atoms with Gasteiger partial charge in [0.25, 0.3) is 0 Å². The molecular weight excluding hydrogens is 554 g/mol.